The van der Waals surface area contributed by atoms with Crippen molar-refractivity contribution in [3.8, 4) is 11.5 Å². The fourth-order valence-electron chi connectivity index (χ4n) is 1.41. The van der Waals surface area contributed by atoms with Crippen molar-refractivity contribution in [2.24, 2.45) is 5.73 Å². The predicted molar refractivity (Wildman–Crippen MR) is 61.4 cm³/mol. The lowest BCUT2D eigenvalue weighted by Crippen LogP contribution is -2.12. The molecule has 0 saturated carbocycles. The number of rotatable bonds is 4. The Bertz CT molecular complexity index is 321. The Morgan fingerprint density at radius 2 is 1.87 bits per heavy atom. The molecular weight excluding hydrogens is 190 g/mol. The average molecular weight is 209 g/mol. The number of para-hydroxylation sites is 1. The monoisotopic (exact) mass is 209 g/mol. The van der Waals surface area contributed by atoms with E-state index < -0.39 is 0 Å². The quantitative estimate of drug-likeness (QED) is 0.828. The van der Waals surface area contributed by atoms with Gasteiger partial charge in [0, 0.05) is 11.6 Å². The molecule has 0 aliphatic heterocycles. The minimum Gasteiger partial charge on any atom is -0.493 e. The van der Waals surface area contributed by atoms with Crippen molar-refractivity contribution in [2.75, 3.05) is 7.11 Å². The summed E-state index contributed by atoms with van der Waals surface area (Å²) in [6.45, 7) is 5.90. The first-order chi connectivity index (χ1) is 7.06. The van der Waals surface area contributed by atoms with Crippen LogP contribution in [0.4, 0.5) is 0 Å². The first-order valence-electron chi connectivity index (χ1n) is 5.15. The Morgan fingerprint density at radius 3 is 2.33 bits per heavy atom. The third kappa shape index (κ3) is 2.86. The second-order valence-corrected chi connectivity index (χ2v) is 3.83. The number of nitrogens with two attached hydrogens (primary N) is 1. The summed E-state index contributed by atoms with van der Waals surface area (Å²) >= 11 is 0. The van der Waals surface area contributed by atoms with Gasteiger partial charge < -0.3 is 15.2 Å². The van der Waals surface area contributed by atoms with Crippen LogP contribution in [0.5, 0.6) is 11.5 Å². The molecule has 1 atom stereocenters. The highest BCUT2D eigenvalue weighted by molar-refractivity contribution is 5.47. The van der Waals surface area contributed by atoms with Crippen LogP contribution in [0.1, 0.15) is 32.4 Å². The van der Waals surface area contributed by atoms with Crippen LogP contribution in [0.25, 0.3) is 0 Å². The molecular formula is C12H19NO2. The molecule has 3 nitrogen and oxygen atoms in total. The Balaban J connectivity index is 3.14. The fourth-order valence-corrected chi connectivity index (χ4v) is 1.41. The normalized spacial score (nSPS) is 12.7. The molecule has 84 valence electrons. The predicted octanol–water partition coefficient (Wildman–Crippen LogP) is 2.50. The second kappa shape index (κ2) is 5.03. The molecule has 3 heteroatoms. The maximum atomic E-state index is 5.88. The van der Waals surface area contributed by atoms with Crippen LogP contribution in [0.15, 0.2) is 18.2 Å². The van der Waals surface area contributed by atoms with Crippen molar-refractivity contribution >= 4 is 0 Å². The number of benzene rings is 1. The van der Waals surface area contributed by atoms with E-state index in [2.05, 4.69) is 0 Å². The van der Waals surface area contributed by atoms with Gasteiger partial charge in [-0.2, -0.15) is 0 Å². The summed E-state index contributed by atoms with van der Waals surface area (Å²) < 4.78 is 11.0. The highest BCUT2D eigenvalue weighted by Crippen LogP contribution is 2.34. The van der Waals surface area contributed by atoms with Crippen LogP contribution in [-0.2, 0) is 0 Å². The molecule has 0 saturated heterocycles. The van der Waals surface area contributed by atoms with Crippen molar-refractivity contribution in [3.05, 3.63) is 23.8 Å². The van der Waals surface area contributed by atoms with Gasteiger partial charge in [0.15, 0.2) is 11.5 Å². The molecule has 0 amide bonds. The van der Waals surface area contributed by atoms with Crippen LogP contribution in [0.2, 0.25) is 0 Å². The summed E-state index contributed by atoms with van der Waals surface area (Å²) in [6.07, 6.45) is 0.110. The van der Waals surface area contributed by atoms with E-state index >= 15 is 0 Å². The summed E-state index contributed by atoms with van der Waals surface area (Å²) in [6, 6.07) is 5.70. The molecule has 1 rings (SSSR count). The minimum atomic E-state index is -0.0613. The van der Waals surface area contributed by atoms with Gasteiger partial charge in [-0.3, -0.25) is 0 Å². The molecule has 2 N–H and O–H groups in total. The van der Waals surface area contributed by atoms with Crippen molar-refractivity contribution < 1.29 is 9.47 Å². The van der Waals surface area contributed by atoms with Gasteiger partial charge in [0.2, 0.25) is 0 Å². The molecule has 0 radical (unpaired) electrons. The summed E-state index contributed by atoms with van der Waals surface area (Å²) in [5.41, 5.74) is 6.85. The number of methoxy groups -OCH3 is 1. The van der Waals surface area contributed by atoms with Gasteiger partial charge in [0.25, 0.3) is 0 Å². The van der Waals surface area contributed by atoms with Crippen molar-refractivity contribution in [3.63, 3.8) is 0 Å². The summed E-state index contributed by atoms with van der Waals surface area (Å²) in [4.78, 5) is 0. The van der Waals surface area contributed by atoms with Crippen molar-refractivity contribution in [2.45, 2.75) is 32.9 Å². The fraction of sp³-hybridized carbons (Fsp3) is 0.500. The number of hydrogen-bond acceptors (Lipinski definition) is 3. The van der Waals surface area contributed by atoms with Gasteiger partial charge in [-0.15, -0.1) is 0 Å². The zero-order valence-corrected chi connectivity index (χ0v) is 9.78. The Labute approximate surface area is 91.2 Å². The van der Waals surface area contributed by atoms with E-state index in [9.17, 15) is 0 Å². The van der Waals surface area contributed by atoms with Gasteiger partial charge >= 0.3 is 0 Å². The number of ether oxygens (including phenoxy) is 2. The van der Waals surface area contributed by atoms with E-state index in [-0.39, 0.29) is 12.1 Å². The standard InChI is InChI=1S/C12H19NO2/c1-8(2)15-12-10(9(3)13)6-5-7-11(12)14-4/h5-9H,13H2,1-4H3. The summed E-state index contributed by atoms with van der Waals surface area (Å²) in [5, 5.41) is 0. The van der Waals surface area contributed by atoms with E-state index in [0.717, 1.165) is 17.1 Å². The zero-order chi connectivity index (χ0) is 11.4. The molecule has 0 bridgehead atoms. The van der Waals surface area contributed by atoms with Gasteiger partial charge in [0.05, 0.1) is 13.2 Å². The summed E-state index contributed by atoms with van der Waals surface area (Å²) in [5.74, 6) is 1.49. The van der Waals surface area contributed by atoms with Crippen molar-refractivity contribution in [1.82, 2.24) is 0 Å². The molecule has 0 aliphatic carbocycles. The first-order valence-corrected chi connectivity index (χ1v) is 5.15. The van der Waals surface area contributed by atoms with Crippen LogP contribution < -0.4 is 15.2 Å². The smallest absolute Gasteiger partial charge is 0.166 e. The maximum absolute atomic E-state index is 5.88. The van der Waals surface area contributed by atoms with Crippen LogP contribution >= 0.6 is 0 Å². The van der Waals surface area contributed by atoms with Crippen molar-refractivity contribution in [1.29, 1.82) is 0 Å². The van der Waals surface area contributed by atoms with Gasteiger partial charge in [0.1, 0.15) is 0 Å². The van der Waals surface area contributed by atoms with Gasteiger partial charge in [-0.25, -0.2) is 0 Å². The third-order valence-electron chi connectivity index (χ3n) is 2.07. The number of hydrogen-bond donors (Lipinski definition) is 1. The average Bonchev–Trinajstić information content (AvgIpc) is 2.16. The molecule has 0 fully saturated rings. The molecule has 0 aromatic heterocycles. The third-order valence-corrected chi connectivity index (χ3v) is 2.07. The van der Waals surface area contributed by atoms with E-state index in [1.807, 2.05) is 39.0 Å². The van der Waals surface area contributed by atoms with E-state index in [1.54, 1.807) is 7.11 Å². The molecule has 0 aliphatic rings. The van der Waals surface area contributed by atoms with E-state index in [1.165, 1.54) is 0 Å². The Kier molecular flexibility index (Phi) is 3.97. The van der Waals surface area contributed by atoms with Gasteiger partial charge in [-0.1, -0.05) is 12.1 Å². The minimum absolute atomic E-state index is 0.0613. The lowest BCUT2D eigenvalue weighted by molar-refractivity contribution is 0.226. The van der Waals surface area contributed by atoms with Crippen LogP contribution in [0, 0.1) is 0 Å². The molecule has 0 heterocycles. The summed E-state index contributed by atoms with van der Waals surface area (Å²) in [7, 11) is 1.63. The maximum Gasteiger partial charge on any atom is 0.166 e. The Hall–Kier alpha value is -1.22. The molecule has 1 aromatic carbocycles. The highest BCUT2D eigenvalue weighted by atomic mass is 16.5. The highest BCUT2D eigenvalue weighted by Gasteiger charge is 2.14. The lowest BCUT2D eigenvalue weighted by Gasteiger charge is -2.18. The zero-order valence-electron chi connectivity index (χ0n) is 9.78. The largest absolute Gasteiger partial charge is 0.493 e. The lowest BCUT2D eigenvalue weighted by atomic mass is 10.1. The van der Waals surface area contributed by atoms with E-state index in [0.29, 0.717) is 0 Å². The van der Waals surface area contributed by atoms with Crippen LogP contribution in [-0.4, -0.2) is 13.2 Å². The molecule has 1 aromatic rings. The molecule has 0 spiro atoms. The van der Waals surface area contributed by atoms with Crippen LogP contribution in [0.3, 0.4) is 0 Å². The Morgan fingerprint density at radius 1 is 1.20 bits per heavy atom. The van der Waals surface area contributed by atoms with E-state index in [4.69, 9.17) is 15.2 Å². The second-order valence-electron chi connectivity index (χ2n) is 3.83. The molecule has 15 heavy (non-hydrogen) atoms. The van der Waals surface area contributed by atoms with Gasteiger partial charge in [-0.05, 0) is 26.8 Å². The topological polar surface area (TPSA) is 44.5 Å². The SMILES string of the molecule is COc1cccc(C(C)N)c1OC(C)C. The first kappa shape index (κ1) is 11.9. The molecule has 1 unspecified atom stereocenters.